The SMILES string of the molecule is C=CCC(C(=O)c1ccccc1)c1cccs1. The van der Waals surface area contributed by atoms with Gasteiger partial charge >= 0.3 is 0 Å². The van der Waals surface area contributed by atoms with Gasteiger partial charge in [0.2, 0.25) is 0 Å². The monoisotopic (exact) mass is 242 g/mol. The molecule has 0 N–H and O–H groups in total. The Bertz CT molecular complexity index is 485. The summed E-state index contributed by atoms with van der Waals surface area (Å²) in [4.78, 5) is 13.5. The fourth-order valence-electron chi connectivity index (χ4n) is 1.81. The summed E-state index contributed by atoms with van der Waals surface area (Å²) in [6, 6.07) is 13.4. The Morgan fingerprint density at radius 1 is 1.24 bits per heavy atom. The molecule has 2 rings (SSSR count). The number of benzene rings is 1. The van der Waals surface area contributed by atoms with E-state index in [4.69, 9.17) is 0 Å². The van der Waals surface area contributed by atoms with Gasteiger partial charge in [0.25, 0.3) is 0 Å². The van der Waals surface area contributed by atoms with Crippen LogP contribution in [0.2, 0.25) is 0 Å². The largest absolute Gasteiger partial charge is 0.293 e. The van der Waals surface area contributed by atoms with Crippen LogP contribution in [0.3, 0.4) is 0 Å². The summed E-state index contributed by atoms with van der Waals surface area (Å²) in [6.07, 6.45) is 2.50. The van der Waals surface area contributed by atoms with Gasteiger partial charge in [0, 0.05) is 10.4 Å². The van der Waals surface area contributed by atoms with Crippen LogP contribution >= 0.6 is 11.3 Å². The molecule has 2 heteroatoms. The van der Waals surface area contributed by atoms with Crippen LogP contribution in [0.1, 0.15) is 27.6 Å². The van der Waals surface area contributed by atoms with Crippen molar-refractivity contribution in [1.82, 2.24) is 0 Å². The minimum absolute atomic E-state index is 0.0881. The molecule has 17 heavy (non-hydrogen) atoms. The smallest absolute Gasteiger partial charge is 0.171 e. The lowest BCUT2D eigenvalue weighted by atomic mass is 9.93. The normalized spacial score (nSPS) is 12.0. The molecule has 0 radical (unpaired) electrons. The van der Waals surface area contributed by atoms with Crippen molar-refractivity contribution in [3.63, 3.8) is 0 Å². The molecule has 0 bridgehead atoms. The van der Waals surface area contributed by atoms with Gasteiger partial charge in [0.05, 0.1) is 5.92 Å². The zero-order chi connectivity index (χ0) is 12.1. The van der Waals surface area contributed by atoms with Crippen LogP contribution in [-0.2, 0) is 0 Å². The van der Waals surface area contributed by atoms with Crippen LogP contribution in [0, 0.1) is 0 Å². The first kappa shape index (κ1) is 11.8. The summed E-state index contributed by atoms with van der Waals surface area (Å²) in [6.45, 7) is 3.74. The molecule has 0 fully saturated rings. The fraction of sp³-hybridized carbons (Fsp3) is 0.133. The molecule has 1 unspecified atom stereocenters. The van der Waals surface area contributed by atoms with Gasteiger partial charge in [0.15, 0.2) is 5.78 Å². The Morgan fingerprint density at radius 3 is 2.59 bits per heavy atom. The first-order valence-corrected chi connectivity index (χ1v) is 6.44. The number of hydrogen-bond donors (Lipinski definition) is 0. The maximum atomic E-state index is 12.4. The molecule has 0 aliphatic heterocycles. The summed E-state index contributed by atoms with van der Waals surface area (Å²) < 4.78 is 0. The van der Waals surface area contributed by atoms with Crippen molar-refractivity contribution in [2.24, 2.45) is 0 Å². The predicted octanol–water partition coefficient (Wildman–Crippen LogP) is 4.29. The Balaban J connectivity index is 2.29. The maximum Gasteiger partial charge on any atom is 0.171 e. The van der Waals surface area contributed by atoms with Gasteiger partial charge < -0.3 is 0 Å². The number of carbonyl (C=O) groups excluding carboxylic acids is 1. The lowest BCUT2D eigenvalue weighted by Crippen LogP contribution is -2.11. The van der Waals surface area contributed by atoms with E-state index in [0.717, 1.165) is 10.4 Å². The van der Waals surface area contributed by atoms with Crippen molar-refractivity contribution in [3.8, 4) is 0 Å². The van der Waals surface area contributed by atoms with Gasteiger partial charge in [-0.15, -0.1) is 17.9 Å². The zero-order valence-electron chi connectivity index (χ0n) is 9.50. The van der Waals surface area contributed by atoms with Crippen LogP contribution in [0.15, 0.2) is 60.5 Å². The second kappa shape index (κ2) is 5.60. The highest BCUT2D eigenvalue weighted by molar-refractivity contribution is 7.10. The number of Topliss-reactive ketones (excluding diaryl/α,β-unsaturated/α-hetero) is 1. The van der Waals surface area contributed by atoms with Gasteiger partial charge in [-0.2, -0.15) is 0 Å². The van der Waals surface area contributed by atoms with E-state index >= 15 is 0 Å². The molecule has 1 atom stereocenters. The second-order valence-corrected chi connectivity index (χ2v) is 4.80. The topological polar surface area (TPSA) is 17.1 Å². The van der Waals surface area contributed by atoms with Crippen LogP contribution in [0.25, 0.3) is 0 Å². The van der Waals surface area contributed by atoms with Gasteiger partial charge in [0.1, 0.15) is 0 Å². The predicted molar refractivity (Wildman–Crippen MR) is 72.6 cm³/mol. The second-order valence-electron chi connectivity index (χ2n) is 3.82. The summed E-state index contributed by atoms with van der Waals surface area (Å²) in [7, 11) is 0. The Hall–Kier alpha value is -1.67. The summed E-state index contributed by atoms with van der Waals surface area (Å²) in [5, 5.41) is 2.00. The average molecular weight is 242 g/mol. The molecule has 2 aromatic rings. The molecule has 0 amide bonds. The third-order valence-electron chi connectivity index (χ3n) is 2.66. The number of ketones is 1. The molecule has 1 heterocycles. The molecule has 0 saturated carbocycles. The first-order valence-electron chi connectivity index (χ1n) is 5.56. The third-order valence-corrected chi connectivity index (χ3v) is 3.65. The summed E-state index contributed by atoms with van der Waals surface area (Å²) >= 11 is 1.63. The summed E-state index contributed by atoms with van der Waals surface area (Å²) in [5.74, 6) is 0.0860. The van der Waals surface area contributed by atoms with E-state index in [9.17, 15) is 4.79 Å². The number of rotatable bonds is 5. The zero-order valence-corrected chi connectivity index (χ0v) is 10.3. The molecular weight excluding hydrogens is 228 g/mol. The third kappa shape index (κ3) is 2.71. The van der Waals surface area contributed by atoms with Crippen LogP contribution in [0.5, 0.6) is 0 Å². The Kier molecular flexibility index (Phi) is 3.89. The van der Waals surface area contributed by atoms with Crippen LogP contribution in [0.4, 0.5) is 0 Å². The molecule has 0 aliphatic carbocycles. The van der Waals surface area contributed by atoms with Crippen molar-refractivity contribution in [3.05, 3.63) is 70.9 Å². The molecule has 0 aliphatic rings. The minimum atomic E-state index is -0.0881. The van der Waals surface area contributed by atoms with Crippen molar-refractivity contribution in [1.29, 1.82) is 0 Å². The van der Waals surface area contributed by atoms with Crippen molar-refractivity contribution in [2.45, 2.75) is 12.3 Å². The Labute approximate surface area is 105 Å². The highest BCUT2D eigenvalue weighted by atomic mass is 32.1. The van der Waals surface area contributed by atoms with E-state index in [1.54, 1.807) is 11.3 Å². The number of hydrogen-bond acceptors (Lipinski definition) is 2. The molecule has 1 aromatic heterocycles. The van der Waals surface area contributed by atoms with Crippen molar-refractivity contribution < 1.29 is 4.79 Å². The van der Waals surface area contributed by atoms with Gasteiger partial charge in [-0.3, -0.25) is 4.79 Å². The number of allylic oxidation sites excluding steroid dienone is 1. The highest BCUT2D eigenvalue weighted by Gasteiger charge is 2.21. The van der Waals surface area contributed by atoms with Gasteiger partial charge in [-0.25, -0.2) is 0 Å². The van der Waals surface area contributed by atoms with E-state index in [1.165, 1.54) is 0 Å². The Morgan fingerprint density at radius 2 is 2.00 bits per heavy atom. The van der Waals surface area contributed by atoms with Crippen LogP contribution < -0.4 is 0 Å². The number of thiophene rings is 1. The van der Waals surface area contributed by atoms with E-state index < -0.39 is 0 Å². The lowest BCUT2D eigenvalue weighted by molar-refractivity contribution is 0.0961. The fourth-order valence-corrected chi connectivity index (χ4v) is 2.65. The van der Waals surface area contributed by atoms with E-state index in [2.05, 4.69) is 6.58 Å². The molecule has 0 saturated heterocycles. The number of carbonyl (C=O) groups is 1. The highest BCUT2D eigenvalue weighted by Crippen LogP contribution is 2.28. The van der Waals surface area contributed by atoms with E-state index in [1.807, 2.05) is 53.9 Å². The quantitative estimate of drug-likeness (QED) is 0.564. The average Bonchev–Trinajstić information content (AvgIpc) is 2.90. The van der Waals surface area contributed by atoms with E-state index in [0.29, 0.717) is 6.42 Å². The van der Waals surface area contributed by atoms with Crippen LogP contribution in [-0.4, -0.2) is 5.78 Å². The van der Waals surface area contributed by atoms with Crippen molar-refractivity contribution >= 4 is 17.1 Å². The molecule has 1 nitrogen and oxygen atoms in total. The van der Waals surface area contributed by atoms with Gasteiger partial charge in [-0.05, 0) is 17.9 Å². The van der Waals surface area contributed by atoms with Crippen molar-refractivity contribution in [2.75, 3.05) is 0 Å². The minimum Gasteiger partial charge on any atom is -0.293 e. The van der Waals surface area contributed by atoms with E-state index in [-0.39, 0.29) is 11.7 Å². The lowest BCUT2D eigenvalue weighted by Gasteiger charge is -2.12. The summed E-state index contributed by atoms with van der Waals surface area (Å²) in [5.41, 5.74) is 0.771. The first-order chi connectivity index (χ1) is 8.33. The standard InChI is InChI=1S/C15H14OS/c1-2-7-13(14-10-6-11-17-14)15(16)12-8-4-3-5-9-12/h2-6,8-11,13H,1,7H2. The van der Waals surface area contributed by atoms with Gasteiger partial charge in [-0.1, -0.05) is 42.5 Å². The molecular formula is C15H14OS. The molecule has 86 valence electrons. The molecule has 0 spiro atoms. The molecule has 1 aromatic carbocycles. The maximum absolute atomic E-state index is 12.4.